The van der Waals surface area contributed by atoms with Crippen molar-refractivity contribution in [1.29, 1.82) is 0 Å². The Kier molecular flexibility index (Phi) is 7.15. The van der Waals surface area contributed by atoms with Crippen LogP contribution < -0.4 is 4.18 Å². The molecule has 0 N–H and O–H groups in total. The third-order valence-corrected chi connectivity index (χ3v) is 7.88. The maximum atomic E-state index is 15.6. The number of nitrogens with zero attached hydrogens (tertiary/aromatic N) is 5. The largest absolute Gasteiger partial charge is 0.534 e. The second-order valence-electron chi connectivity index (χ2n) is 9.61. The van der Waals surface area contributed by atoms with Crippen molar-refractivity contribution < 1.29 is 35.0 Å². The van der Waals surface area contributed by atoms with Gasteiger partial charge >= 0.3 is 15.6 Å². The molecule has 0 radical (unpaired) electrons. The van der Waals surface area contributed by atoms with E-state index in [2.05, 4.69) is 19.2 Å². The highest BCUT2D eigenvalue weighted by molar-refractivity contribution is 7.87. The molecule has 5 rings (SSSR count). The number of alkyl halides is 3. The van der Waals surface area contributed by atoms with E-state index in [0.717, 1.165) is 31.7 Å². The molecule has 9 nitrogen and oxygen atoms in total. The van der Waals surface area contributed by atoms with Crippen LogP contribution in [-0.2, 0) is 16.5 Å². The number of benzene rings is 1. The lowest BCUT2D eigenvalue weighted by Crippen LogP contribution is -2.38. The summed E-state index contributed by atoms with van der Waals surface area (Å²) in [5, 5.41) is 4.67. The number of likely N-dealkylation sites (tertiary alicyclic amines) is 1. The number of halogens is 4. The minimum atomic E-state index is -5.98. The number of carbonyl (C=O) groups is 1. The number of pyridine rings is 1. The lowest BCUT2D eigenvalue weighted by molar-refractivity contribution is -0.0501. The van der Waals surface area contributed by atoms with E-state index in [1.165, 1.54) is 28.8 Å². The van der Waals surface area contributed by atoms with E-state index in [4.69, 9.17) is 0 Å². The van der Waals surface area contributed by atoms with Crippen molar-refractivity contribution in [2.75, 3.05) is 6.54 Å². The van der Waals surface area contributed by atoms with Gasteiger partial charge in [0.25, 0.3) is 5.91 Å². The van der Waals surface area contributed by atoms with Crippen LogP contribution in [0.5, 0.6) is 5.88 Å². The first kappa shape index (κ1) is 27.7. The quantitative estimate of drug-likeness (QED) is 0.180. The fraction of sp³-hybridized carbons (Fsp3) is 0.385. The molecule has 4 heterocycles. The lowest BCUT2D eigenvalue weighted by Gasteiger charge is -2.27. The van der Waals surface area contributed by atoms with Crippen LogP contribution in [0.25, 0.3) is 27.8 Å². The highest BCUT2D eigenvalue weighted by Crippen LogP contribution is 2.31. The number of fused-ring (bicyclic) bond motifs is 2. The van der Waals surface area contributed by atoms with Crippen LogP contribution in [0.2, 0.25) is 0 Å². The summed E-state index contributed by atoms with van der Waals surface area (Å²) in [5.41, 5.74) is -4.72. The second kappa shape index (κ2) is 10.3. The SMILES string of the molecule is CCc1cc(C(=O)N2CCCCC[C@H]2C)nc2cc(-c3ccc4ccc(OS(=O)(=O)C(F)(F)F)nc4c3F)nn12. The van der Waals surface area contributed by atoms with Crippen molar-refractivity contribution >= 4 is 32.6 Å². The summed E-state index contributed by atoms with van der Waals surface area (Å²) in [4.78, 5) is 23.4. The van der Waals surface area contributed by atoms with Crippen LogP contribution in [0.15, 0.2) is 36.4 Å². The Morgan fingerprint density at radius 2 is 1.85 bits per heavy atom. The van der Waals surface area contributed by atoms with Crippen molar-refractivity contribution in [1.82, 2.24) is 24.5 Å². The van der Waals surface area contributed by atoms with Crippen molar-refractivity contribution in [3.8, 4) is 17.1 Å². The van der Waals surface area contributed by atoms with E-state index in [-0.39, 0.29) is 34.3 Å². The average molecular weight is 580 g/mol. The van der Waals surface area contributed by atoms with Crippen LogP contribution in [0.1, 0.15) is 55.7 Å². The Bertz CT molecular complexity index is 1720. The standard InChI is InChI=1S/C26H25F4N5O4S/c1-3-17-13-20(25(36)34-12-6-4-5-7-15(34)2)31-21-14-19(33-35(17)21)18-10-8-16-9-11-22(32-24(16)23(18)27)39-40(37,38)26(28,29)30/h8-11,13-15H,3-7,12H2,1-2H3/t15-/m1/s1. The monoisotopic (exact) mass is 579 g/mol. The van der Waals surface area contributed by atoms with Crippen LogP contribution in [0.3, 0.4) is 0 Å². The van der Waals surface area contributed by atoms with E-state index in [9.17, 15) is 26.4 Å². The van der Waals surface area contributed by atoms with Crippen LogP contribution in [0, 0.1) is 5.82 Å². The molecule has 1 atom stereocenters. The Morgan fingerprint density at radius 3 is 2.58 bits per heavy atom. The molecule has 212 valence electrons. The Labute approximate surface area is 226 Å². The predicted molar refractivity (Wildman–Crippen MR) is 138 cm³/mol. The molecule has 1 aliphatic rings. The zero-order valence-corrected chi connectivity index (χ0v) is 22.4. The summed E-state index contributed by atoms with van der Waals surface area (Å²) < 4.78 is 82.1. The highest BCUT2D eigenvalue weighted by Gasteiger charge is 2.48. The maximum Gasteiger partial charge on any atom is 0.534 e. The van der Waals surface area contributed by atoms with Gasteiger partial charge in [-0.05, 0) is 44.4 Å². The van der Waals surface area contributed by atoms with Crippen molar-refractivity contribution in [2.24, 2.45) is 0 Å². The van der Waals surface area contributed by atoms with Gasteiger partial charge in [-0.2, -0.15) is 26.7 Å². The van der Waals surface area contributed by atoms with Gasteiger partial charge in [-0.25, -0.2) is 18.9 Å². The Hall–Kier alpha value is -3.81. The molecule has 1 amide bonds. The first-order valence-electron chi connectivity index (χ1n) is 12.7. The molecule has 0 saturated carbocycles. The fourth-order valence-electron chi connectivity index (χ4n) is 4.79. The fourth-order valence-corrected chi connectivity index (χ4v) is 5.21. The molecular weight excluding hydrogens is 554 g/mol. The minimum absolute atomic E-state index is 0.0441. The molecule has 1 aliphatic heterocycles. The van der Waals surface area contributed by atoms with E-state index >= 15 is 4.39 Å². The molecule has 0 spiro atoms. The zero-order valence-electron chi connectivity index (χ0n) is 21.6. The molecular formula is C26H25F4N5O4S. The number of aryl methyl sites for hydroxylation is 1. The number of aromatic nitrogens is 4. The van der Waals surface area contributed by atoms with Crippen molar-refractivity contribution in [3.63, 3.8) is 0 Å². The average Bonchev–Trinajstić information content (AvgIpc) is 3.21. The van der Waals surface area contributed by atoms with Gasteiger partial charge in [-0.15, -0.1) is 0 Å². The molecule has 1 saturated heterocycles. The Morgan fingerprint density at radius 1 is 1.10 bits per heavy atom. The Balaban J connectivity index is 1.55. The van der Waals surface area contributed by atoms with Gasteiger partial charge in [0, 0.05) is 41.4 Å². The summed E-state index contributed by atoms with van der Waals surface area (Å²) in [5.74, 6) is -2.06. The molecule has 0 unspecified atom stereocenters. The van der Waals surface area contributed by atoms with Gasteiger partial charge in [0.15, 0.2) is 11.5 Å². The van der Waals surface area contributed by atoms with Gasteiger partial charge in [0.05, 0.1) is 5.69 Å². The zero-order chi connectivity index (χ0) is 28.8. The first-order chi connectivity index (χ1) is 18.9. The van der Waals surface area contributed by atoms with Crippen LogP contribution in [-0.4, -0.2) is 56.9 Å². The number of amides is 1. The summed E-state index contributed by atoms with van der Waals surface area (Å²) in [7, 11) is -5.98. The van der Waals surface area contributed by atoms with E-state index in [0.29, 0.717) is 24.3 Å². The van der Waals surface area contributed by atoms with Gasteiger partial charge in [-0.3, -0.25) is 4.79 Å². The molecule has 0 bridgehead atoms. The number of hydrogen-bond acceptors (Lipinski definition) is 7. The summed E-state index contributed by atoms with van der Waals surface area (Å²) in [6, 6.07) is 8.24. The normalized spacial score (nSPS) is 16.9. The number of hydrogen-bond donors (Lipinski definition) is 0. The highest BCUT2D eigenvalue weighted by atomic mass is 32.2. The van der Waals surface area contributed by atoms with Gasteiger partial charge in [-0.1, -0.05) is 25.8 Å². The predicted octanol–water partition coefficient (Wildman–Crippen LogP) is 5.28. The summed E-state index contributed by atoms with van der Waals surface area (Å²) in [6.07, 6.45) is 4.45. The molecule has 40 heavy (non-hydrogen) atoms. The van der Waals surface area contributed by atoms with Crippen molar-refractivity contribution in [2.45, 2.75) is 57.5 Å². The second-order valence-corrected chi connectivity index (χ2v) is 11.2. The number of carbonyl (C=O) groups excluding carboxylic acids is 1. The third kappa shape index (κ3) is 5.07. The van der Waals surface area contributed by atoms with Crippen molar-refractivity contribution in [3.05, 3.63) is 53.6 Å². The van der Waals surface area contributed by atoms with E-state index in [1.54, 1.807) is 6.07 Å². The molecule has 4 aromatic rings. The lowest BCUT2D eigenvalue weighted by atomic mass is 10.1. The van der Waals surface area contributed by atoms with E-state index in [1.807, 2.05) is 18.7 Å². The maximum absolute atomic E-state index is 15.6. The molecule has 1 fully saturated rings. The van der Waals surface area contributed by atoms with E-state index < -0.39 is 32.8 Å². The smallest absolute Gasteiger partial charge is 0.355 e. The number of rotatable bonds is 5. The summed E-state index contributed by atoms with van der Waals surface area (Å²) >= 11 is 0. The molecule has 14 heteroatoms. The van der Waals surface area contributed by atoms with Gasteiger partial charge < -0.3 is 9.08 Å². The topological polar surface area (TPSA) is 107 Å². The minimum Gasteiger partial charge on any atom is -0.355 e. The van der Waals surface area contributed by atoms with Crippen LogP contribution >= 0.6 is 0 Å². The van der Waals surface area contributed by atoms with Gasteiger partial charge in [0.2, 0.25) is 5.88 Å². The van der Waals surface area contributed by atoms with Gasteiger partial charge in [0.1, 0.15) is 11.2 Å². The molecule has 3 aromatic heterocycles. The first-order valence-corrected chi connectivity index (χ1v) is 14.1. The molecule has 1 aromatic carbocycles. The molecule has 0 aliphatic carbocycles. The third-order valence-electron chi connectivity index (χ3n) is 6.93. The van der Waals surface area contributed by atoms with Crippen LogP contribution in [0.4, 0.5) is 17.6 Å². The summed E-state index contributed by atoms with van der Waals surface area (Å²) in [6.45, 7) is 4.55.